The number of nitrogens with zero attached hydrogens (tertiary/aromatic N) is 3. The largest absolute Gasteiger partial charge is 0.454 e. The van der Waals surface area contributed by atoms with Gasteiger partial charge < -0.3 is 14.8 Å². The van der Waals surface area contributed by atoms with E-state index in [1.807, 2.05) is 36.4 Å². The van der Waals surface area contributed by atoms with Crippen LogP contribution in [0.1, 0.15) is 24.8 Å². The van der Waals surface area contributed by atoms with Crippen LogP contribution < -0.4 is 14.8 Å². The van der Waals surface area contributed by atoms with E-state index >= 15 is 0 Å². The van der Waals surface area contributed by atoms with Crippen LogP contribution >= 0.6 is 0 Å². The molecule has 3 heterocycles. The number of ether oxygens (including phenoxy) is 2. The van der Waals surface area contributed by atoms with E-state index in [0.29, 0.717) is 43.4 Å². The first kappa shape index (κ1) is 20.5. The maximum absolute atomic E-state index is 12.7. The number of hydrogen-bond donors (Lipinski definition) is 1. The smallest absolute Gasteiger partial charge is 0.256 e. The first-order chi connectivity index (χ1) is 15.7. The second-order valence-corrected chi connectivity index (χ2v) is 8.29. The summed E-state index contributed by atoms with van der Waals surface area (Å²) in [6.45, 7) is 2.60. The number of piperidine rings is 1. The number of hydrogen-bond acceptors (Lipinski definition) is 6. The summed E-state index contributed by atoms with van der Waals surface area (Å²) in [7, 11) is 0. The van der Waals surface area contributed by atoms with E-state index in [4.69, 9.17) is 9.47 Å². The molecule has 2 amide bonds. The monoisotopic (exact) mass is 434 g/mol. The Morgan fingerprint density at radius 3 is 2.59 bits per heavy atom. The average molecular weight is 434 g/mol. The Hall–Kier alpha value is -3.39. The number of carbonyl (C=O) groups is 2. The second-order valence-electron chi connectivity index (χ2n) is 8.29. The summed E-state index contributed by atoms with van der Waals surface area (Å²) < 4.78 is 10.7. The van der Waals surface area contributed by atoms with Crippen molar-refractivity contribution in [2.75, 3.05) is 38.3 Å². The van der Waals surface area contributed by atoms with Crippen molar-refractivity contribution in [3.05, 3.63) is 54.1 Å². The molecule has 8 heteroatoms. The summed E-state index contributed by atoms with van der Waals surface area (Å²) in [5.74, 6) is 1.29. The summed E-state index contributed by atoms with van der Waals surface area (Å²) in [4.78, 5) is 27.5. The van der Waals surface area contributed by atoms with Crippen molar-refractivity contribution >= 4 is 23.2 Å². The van der Waals surface area contributed by atoms with Gasteiger partial charge in [-0.25, -0.2) is 5.01 Å². The minimum absolute atomic E-state index is 0.00601. The van der Waals surface area contributed by atoms with Crippen molar-refractivity contribution in [2.24, 2.45) is 11.0 Å². The Kier molecular flexibility index (Phi) is 5.77. The molecule has 5 rings (SSSR count). The lowest BCUT2D eigenvalue weighted by Crippen LogP contribution is -2.43. The van der Waals surface area contributed by atoms with E-state index < -0.39 is 0 Å². The van der Waals surface area contributed by atoms with Crippen LogP contribution in [0.2, 0.25) is 0 Å². The molecular weight excluding hydrogens is 408 g/mol. The van der Waals surface area contributed by atoms with Crippen LogP contribution in [0.4, 0.5) is 5.69 Å². The standard InChI is InChI=1S/C24H26N4O4/c29-23(28-13-10-20(26-28)17-4-2-1-3-5-17)15-27-11-8-18(9-12-27)24(30)25-19-6-7-21-22(14-19)32-16-31-21/h1-7,14,18H,8-13,15-16H2,(H,25,30). The van der Waals surface area contributed by atoms with Gasteiger partial charge >= 0.3 is 0 Å². The van der Waals surface area contributed by atoms with E-state index in [1.165, 1.54) is 0 Å². The maximum atomic E-state index is 12.7. The highest BCUT2D eigenvalue weighted by molar-refractivity contribution is 6.02. The van der Waals surface area contributed by atoms with E-state index in [1.54, 1.807) is 17.1 Å². The molecule has 0 spiro atoms. The first-order valence-electron chi connectivity index (χ1n) is 11.0. The fourth-order valence-electron chi connectivity index (χ4n) is 4.32. The molecule has 2 aromatic rings. The zero-order chi connectivity index (χ0) is 21.9. The fourth-order valence-corrected chi connectivity index (χ4v) is 4.32. The maximum Gasteiger partial charge on any atom is 0.256 e. The predicted octanol–water partition coefficient (Wildman–Crippen LogP) is 2.70. The van der Waals surface area contributed by atoms with Gasteiger partial charge in [-0.05, 0) is 43.6 Å². The number of benzene rings is 2. The Labute approximate surface area is 186 Å². The Morgan fingerprint density at radius 2 is 1.78 bits per heavy atom. The lowest BCUT2D eigenvalue weighted by atomic mass is 9.95. The van der Waals surface area contributed by atoms with Crippen LogP contribution in [-0.2, 0) is 9.59 Å². The molecule has 0 radical (unpaired) electrons. The van der Waals surface area contributed by atoms with Crippen LogP contribution in [-0.4, -0.2) is 60.4 Å². The highest BCUT2D eigenvalue weighted by atomic mass is 16.7. The Balaban J connectivity index is 1.10. The second kappa shape index (κ2) is 9.00. The predicted molar refractivity (Wildman–Crippen MR) is 120 cm³/mol. The summed E-state index contributed by atoms with van der Waals surface area (Å²) >= 11 is 0. The number of amides is 2. The fraction of sp³-hybridized carbons (Fsp3) is 0.375. The van der Waals surface area contributed by atoms with Gasteiger partial charge in [0.15, 0.2) is 11.5 Å². The molecule has 3 aliphatic heterocycles. The summed E-state index contributed by atoms with van der Waals surface area (Å²) in [6.07, 6.45) is 2.22. The lowest BCUT2D eigenvalue weighted by molar-refractivity contribution is -0.132. The first-order valence-corrected chi connectivity index (χ1v) is 11.0. The molecule has 0 unspecified atom stereocenters. The van der Waals surface area contributed by atoms with Crippen LogP contribution in [0, 0.1) is 5.92 Å². The van der Waals surface area contributed by atoms with Crippen molar-refractivity contribution < 1.29 is 19.1 Å². The molecule has 0 bridgehead atoms. The van der Waals surface area contributed by atoms with Crippen molar-refractivity contribution in [3.63, 3.8) is 0 Å². The molecule has 2 aromatic carbocycles. The van der Waals surface area contributed by atoms with E-state index in [9.17, 15) is 9.59 Å². The van der Waals surface area contributed by atoms with Crippen LogP contribution in [0.15, 0.2) is 53.6 Å². The topological polar surface area (TPSA) is 83.5 Å². The molecule has 1 saturated heterocycles. The van der Waals surface area contributed by atoms with Gasteiger partial charge in [-0.2, -0.15) is 5.10 Å². The zero-order valence-corrected chi connectivity index (χ0v) is 17.8. The normalized spacial score (nSPS) is 18.5. The van der Waals surface area contributed by atoms with Crippen LogP contribution in [0.3, 0.4) is 0 Å². The molecule has 0 atom stereocenters. The third-order valence-corrected chi connectivity index (χ3v) is 6.15. The Bertz CT molecular complexity index is 1030. The number of fused-ring (bicyclic) bond motifs is 1. The quantitative estimate of drug-likeness (QED) is 0.782. The molecule has 8 nitrogen and oxygen atoms in total. The minimum Gasteiger partial charge on any atom is -0.454 e. The average Bonchev–Trinajstić information content (AvgIpc) is 3.50. The summed E-state index contributed by atoms with van der Waals surface area (Å²) in [5, 5.41) is 9.09. The third-order valence-electron chi connectivity index (χ3n) is 6.15. The molecule has 0 aromatic heterocycles. The van der Waals surface area contributed by atoms with Crippen LogP contribution in [0.5, 0.6) is 11.5 Å². The third kappa shape index (κ3) is 4.45. The minimum atomic E-state index is -0.0683. The highest BCUT2D eigenvalue weighted by Crippen LogP contribution is 2.34. The van der Waals surface area contributed by atoms with Gasteiger partial charge in [-0.3, -0.25) is 14.5 Å². The van der Waals surface area contributed by atoms with E-state index in [-0.39, 0.29) is 24.5 Å². The molecular formula is C24H26N4O4. The van der Waals surface area contributed by atoms with Crippen molar-refractivity contribution in [2.45, 2.75) is 19.3 Å². The summed E-state index contributed by atoms with van der Waals surface area (Å²) in [6, 6.07) is 15.4. The highest BCUT2D eigenvalue weighted by Gasteiger charge is 2.28. The van der Waals surface area contributed by atoms with Crippen molar-refractivity contribution in [1.29, 1.82) is 0 Å². The number of nitrogens with one attached hydrogen (secondary N) is 1. The van der Waals surface area contributed by atoms with Crippen LogP contribution in [0.25, 0.3) is 0 Å². The molecule has 0 aliphatic carbocycles. The molecule has 0 saturated carbocycles. The number of anilines is 1. The van der Waals surface area contributed by atoms with Gasteiger partial charge in [-0.1, -0.05) is 30.3 Å². The molecule has 1 N–H and O–H groups in total. The number of likely N-dealkylation sites (tertiary alicyclic amines) is 1. The molecule has 3 aliphatic rings. The van der Waals surface area contributed by atoms with Gasteiger partial charge in [0.25, 0.3) is 5.91 Å². The molecule has 32 heavy (non-hydrogen) atoms. The zero-order valence-electron chi connectivity index (χ0n) is 17.8. The van der Waals surface area contributed by atoms with E-state index in [0.717, 1.165) is 30.5 Å². The molecule has 1 fully saturated rings. The number of hydrazone groups is 1. The molecule has 166 valence electrons. The van der Waals surface area contributed by atoms with Gasteiger partial charge in [-0.15, -0.1) is 0 Å². The number of carbonyl (C=O) groups excluding carboxylic acids is 2. The number of rotatable bonds is 5. The SMILES string of the molecule is O=C(Nc1ccc2c(c1)OCO2)C1CCN(CC(=O)N2CCC(c3ccccc3)=N2)CC1. The van der Waals surface area contributed by atoms with Crippen molar-refractivity contribution in [1.82, 2.24) is 9.91 Å². The van der Waals surface area contributed by atoms with Gasteiger partial charge in [0.1, 0.15) is 0 Å². The Morgan fingerprint density at radius 1 is 1.00 bits per heavy atom. The van der Waals surface area contributed by atoms with Gasteiger partial charge in [0.2, 0.25) is 12.7 Å². The van der Waals surface area contributed by atoms with Gasteiger partial charge in [0, 0.05) is 24.1 Å². The lowest BCUT2D eigenvalue weighted by Gasteiger charge is -2.31. The van der Waals surface area contributed by atoms with Crippen molar-refractivity contribution in [3.8, 4) is 11.5 Å². The van der Waals surface area contributed by atoms with E-state index in [2.05, 4.69) is 15.3 Å². The summed E-state index contributed by atoms with van der Waals surface area (Å²) in [5.41, 5.74) is 2.73. The van der Waals surface area contributed by atoms with Gasteiger partial charge in [0.05, 0.1) is 18.8 Å².